The third-order valence-electron chi connectivity index (χ3n) is 2.38. The van der Waals surface area contributed by atoms with E-state index in [0.29, 0.717) is 0 Å². The molecular weight excluding hydrogens is 120 g/mol. The quantitative estimate of drug-likeness (QED) is 0.486. The first-order chi connectivity index (χ1) is 4.93. The van der Waals surface area contributed by atoms with Crippen LogP contribution in [0.4, 0.5) is 0 Å². The molecule has 1 aliphatic rings. The molecule has 0 heterocycles. The average Bonchev–Trinajstić information content (AvgIpc) is 1.87. The summed E-state index contributed by atoms with van der Waals surface area (Å²) in [6.07, 6.45) is 13.2. The lowest BCUT2D eigenvalue weighted by molar-refractivity contribution is 0.509. The van der Waals surface area contributed by atoms with Crippen LogP contribution in [0.2, 0.25) is 0 Å². The molecule has 0 amide bonds. The highest BCUT2D eigenvalue weighted by Gasteiger charge is 2.02. The van der Waals surface area contributed by atoms with Gasteiger partial charge < -0.3 is 0 Å². The summed E-state index contributed by atoms with van der Waals surface area (Å²) >= 11 is 0. The molecule has 0 saturated heterocycles. The van der Waals surface area contributed by atoms with Gasteiger partial charge in [0.25, 0.3) is 0 Å². The molecule has 0 aliphatic heterocycles. The van der Waals surface area contributed by atoms with Crippen molar-refractivity contribution in [1.29, 1.82) is 0 Å². The standard InChI is InChI=1S/C10H18/c1-2-10-8-6-4-3-5-7-9-10/h6,8,10H,2-5,7,9H2,1H3. The maximum absolute atomic E-state index is 2.42. The van der Waals surface area contributed by atoms with Crippen molar-refractivity contribution in [3.8, 4) is 0 Å². The first-order valence-corrected chi connectivity index (χ1v) is 4.60. The van der Waals surface area contributed by atoms with Gasteiger partial charge in [-0.05, 0) is 31.6 Å². The SMILES string of the molecule is CCC1C=CCCCCC1. The van der Waals surface area contributed by atoms with E-state index < -0.39 is 0 Å². The Hall–Kier alpha value is -0.260. The topological polar surface area (TPSA) is 0 Å². The van der Waals surface area contributed by atoms with E-state index in [1.165, 1.54) is 38.5 Å². The predicted octanol–water partition coefficient (Wildman–Crippen LogP) is 3.53. The largest absolute Gasteiger partial charge is 0.0883 e. The minimum Gasteiger partial charge on any atom is -0.0883 e. The van der Waals surface area contributed by atoms with Crippen LogP contribution in [0.25, 0.3) is 0 Å². The van der Waals surface area contributed by atoms with Gasteiger partial charge in [0, 0.05) is 0 Å². The molecule has 0 N–H and O–H groups in total. The molecular formula is C10H18. The molecule has 1 rings (SSSR count). The Morgan fingerprint density at radius 1 is 1.30 bits per heavy atom. The van der Waals surface area contributed by atoms with Gasteiger partial charge in [-0.15, -0.1) is 0 Å². The van der Waals surface area contributed by atoms with Crippen LogP contribution in [-0.4, -0.2) is 0 Å². The Morgan fingerprint density at radius 3 is 3.00 bits per heavy atom. The summed E-state index contributed by atoms with van der Waals surface area (Å²) in [4.78, 5) is 0. The van der Waals surface area contributed by atoms with Crippen molar-refractivity contribution in [1.82, 2.24) is 0 Å². The van der Waals surface area contributed by atoms with Crippen molar-refractivity contribution in [2.24, 2.45) is 5.92 Å². The van der Waals surface area contributed by atoms with Crippen LogP contribution in [0, 0.1) is 5.92 Å². The number of allylic oxidation sites excluding steroid dienone is 2. The molecule has 10 heavy (non-hydrogen) atoms. The Balaban J connectivity index is 2.33. The van der Waals surface area contributed by atoms with Gasteiger partial charge in [-0.2, -0.15) is 0 Å². The van der Waals surface area contributed by atoms with Gasteiger partial charge in [-0.1, -0.05) is 31.9 Å². The van der Waals surface area contributed by atoms with Gasteiger partial charge in [0.15, 0.2) is 0 Å². The van der Waals surface area contributed by atoms with Gasteiger partial charge in [0.2, 0.25) is 0 Å². The number of hydrogen-bond acceptors (Lipinski definition) is 0. The van der Waals surface area contributed by atoms with Gasteiger partial charge in [-0.25, -0.2) is 0 Å². The van der Waals surface area contributed by atoms with E-state index in [-0.39, 0.29) is 0 Å². The molecule has 0 aromatic heterocycles. The fraction of sp³-hybridized carbons (Fsp3) is 0.800. The Labute approximate surface area is 64.3 Å². The van der Waals surface area contributed by atoms with Gasteiger partial charge in [0.05, 0.1) is 0 Å². The van der Waals surface area contributed by atoms with Gasteiger partial charge >= 0.3 is 0 Å². The maximum atomic E-state index is 2.42. The third-order valence-corrected chi connectivity index (χ3v) is 2.38. The first kappa shape index (κ1) is 7.84. The molecule has 0 fully saturated rings. The van der Waals surface area contributed by atoms with Crippen LogP contribution in [0.5, 0.6) is 0 Å². The highest BCUT2D eigenvalue weighted by atomic mass is 14.1. The van der Waals surface area contributed by atoms with Crippen LogP contribution in [-0.2, 0) is 0 Å². The van der Waals surface area contributed by atoms with Crippen LogP contribution in [0.15, 0.2) is 12.2 Å². The van der Waals surface area contributed by atoms with Crippen molar-refractivity contribution in [2.45, 2.75) is 45.4 Å². The number of rotatable bonds is 1. The van der Waals surface area contributed by atoms with E-state index in [2.05, 4.69) is 19.1 Å². The lowest BCUT2D eigenvalue weighted by Gasteiger charge is -2.11. The zero-order valence-electron chi connectivity index (χ0n) is 6.97. The second kappa shape index (κ2) is 4.54. The lowest BCUT2D eigenvalue weighted by Crippen LogP contribution is -1.96. The maximum Gasteiger partial charge on any atom is -0.0236 e. The van der Waals surface area contributed by atoms with Crippen LogP contribution in [0.3, 0.4) is 0 Å². The van der Waals surface area contributed by atoms with Gasteiger partial charge in [0.1, 0.15) is 0 Å². The smallest absolute Gasteiger partial charge is 0.0236 e. The Kier molecular flexibility index (Phi) is 3.56. The van der Waals surface area contributed by atoms with Crippen LogP contribution < -0.4 is 0 Å². The lowest BCUT2D eigenvalue weighted by atomic mass is 9.95. The van der Waals surface area contributed by atoms with Crippen molar-refractivity contribution in [2.75, 3.05) is 0 Å². The van der Waals surface area contributed by atoms with Crippen molar-refractivity contribution in [3.63, 3.8) is 0 Å². The minimum atomic E-state index is 0.889. The summed E-state index contributed by atoms with van der Waals surface area (Å²) in [7, 11) is 0. The molecule has 0 aromatic rings. The second-order valence-corrected chi connectivity index (χ2v) is 3.23. The Bertz CT molecular complexity index is 103. The highest BCUT2D eigenvalue weighted by molar-refractivity contribution is 4.89. The molecule has 58 valence electrons. The third kappa shape index (κ3) is 2.55. The molecule has 0 aromatic carbocycles. The monoisotopic (exact) mass is 138 g/mol. The zero-order chi connectivity index (χ0) is 7.23. The first-order valence-electron chi connectivity index (χ1n) is 4.60. The van der Waals surface area contributed by atoms with Crippen molar-refractivity contribution < 1.29 is 0 Å². The van der Waals surface area contributed by atoms with E-state index in [1.54, 1.807) is 0 Å². The molecule has 0 nitrogen and oxygen atoms in total. The summed E-state index contributed by atoms with van der Waals surface area (Å²) in [5.74, 6) is 0.889. The Morgan fingerprint density at radius 2 is 2.20 bits per heavy atom. The van der Waals surface area contributed by atoms with E-state index in [0.717, 1.165) is 5.92 Å². The summed E-state index contributed by atoms with van der Waals surface area (Å²) in [6, 6.07) is 0. The molecule has 0 bridgehead atoms. The molecule has 0 heteroatoms. The van der Waals surface area contributed by atoms with E-state index in [9.17, 15) is 0 Å². The highest BCUT2D eigenvalue weighted by Crippen LogP contribution is 2.18. The molecule has 1 aliphatic carbocycles. The van der Waals surface area contributed by atoms with Crippen molar-refractivity contribution in [3.05, 3.63) is 12.2 Å². The van der Waals surface area contributed by atoms with Crippen LogP contribution in [0.1, 0.15) is 45.4 Å². The number of hydrogen-bond donors (Lipinski definition) is 0. The van der Waals surface area contributed by atoms with Crippen molar-refractivity contribution >= 4 is 0 Å². The summed E-state index contributed by atoms with van der Waals surface area (Å²) in [6.45, 7) is 2.29. The summed E-state index contributed by atoms with van der Waals surface area (Å²) < 4.78 is 0. The van der Waals surface area contributed by atoms with E-state index in [4.69, 9.17) is 0 Å². The second-order valence-electron chi connectivity index (χ2n) is 3.23. The zero-order valence-corrected chi connectivity index (χ0v) is 6.97. The summed E-state index contributed by atoms with van der Waals surface area (Å²) in [5.41, 5.74) is 0. The van der Waals surface area contributed by atoms with E-state index in [1.807, 2.05) is 0 Å². The summed E-state index contributed by atoms with van der Waals surface area (Å²) in [5, 5.41) is 0. The van der Waals surface area contributed by atoms with Crippen LogP contribution >= 0.6 is 0 Å². The van der Waals surface area contributed by atoms with E-state index >= 15 is 0 Å². The fourth-order valence-electron chi connectivity index (χ4n) is 1.57. The molecule has 0 saturated carbocycles. The molecule has 0 spiro atoms. The predicted molar refractivity (Wildman–Crippen MR) is 46.0 cm³/mol. The molecule has 0 radical (unpaired) electrons. The minimum absolute atomic E-state index is 0.889. The van der Waals surface area contributed by atoms with Gasteiger partial charge in [-0.3, -0.25) is 0 Å². The fourth-order valence-corrected chi connectivity index (χ4v) is 1.57. The normalized spacial score (nSPS) is 27.5. The average molecular weight is 138 g/mol. The molecule has 1 unspecified atom stereocenters. The molecule has 1 atom stereocenters.